The molecule has 5 heterocycles. The van der Waals surface area contributed by atoms with Gasteiger partial charge in [-0.2, -0.15) is 13.2 Å². The first-order valence-corrected chi connectivity index (χ1v) is 12.1. The molecule has 0 bridgehead atoms. The molecule has 1 aliphatic heterocycles. The number of nitrogens with zero attached hydrogens (tertiary/aromatic N) is 5. The van der Waals surface area contributed by atoms with Crippen LogP contribution in [0.1, 0.15) is 16.8 Å². The Morgan fingerprint density at radius 3 is 2.46 bits per heavy atom. The number of fused-ring (bicyclic) bond motifs is 10. The van der Waals surface area contributed by atoms with Crippen molar-refractivity contribution in [2.75, 3.05) is 25.7 Å². The average molecular weight is 536 g/mol. The summed E-state index contributed by atoms with van der Waals surface area (Å²) >= 11 is 0. The quantitative estimate of drug-likeness (QED) is 0.233. The van der Waals surface area contributed by atoms with Crippen LogP contribution in [0.25, 0.3) is 38.1 Å². The number of rotatable bonds is 3. The largest absolute Gasteiger partial charge is 0.494 e. The van der Waals surface area contributed by atoms with Crippen molar-refractivity contribution in [1.29, 1.82) is 0 Å². The summed E-state index contributed by atoms with van der Waals surface area (Å²) in [4.78, 5) is 14.2. The molecule has 1 N–H and O–H groups in total. The third-order valence-electron chi connectivity index (χ3n) is 7.36. The molecule has 7 rings (SSSR count). The van der Waals surface area contributed by atoms with Gasteiger partial charge in [0, 0.05) is 70.9 Å². The zero-order valence-corrected chi connectivity index (χ0v) is 20.7. The van der Waals surface area contributed by atoms with E-state index < -0.39 is 17.6 Å². The van der Waals surface area contributed by atoms with E-state index in [0.717, 1.165) is 29.0 Å². The van der Waals surface area contributed by atoms with E-state index in [-0.39, 0.29) is 11.7 Å². The number of anilines is 1. The highest BCUT2D eigenvalue weighted by Gasteiger charge is 2.33. The number of benzene rings is 2. The normalized spacial score (nSPS) is 14.1. The van der Waals surface area contributed by atoms with Crippen LogP contribution in [0.5, 0.6) is 11.5 Å². The molecular weight excluding hydrogens is 516 g/mol. The van der Waals surface area contributed by atoms with Gasteiger partial charge in [0.25, 0.3) is 0 Å². The molecular formula is C27H20F4N6O2. The van der Waals surface area contributed by atoms with E-state index in [4.69, 9.17) is 9.47 Å². The standard InChI is InChI=1S/C27H20F4N6O2/c1-38-18-5-3-4-15-19-20(14-6-8-32-22(14)25(39-2)21(19)28)24-16-12-36(9-7-17(16)35-37(24)23(15)18)26-33-10-13(11-34-26)27(29,30)31/h3-6,8,10-11,35H,7,9,12H2,1-2H3. The minimum atomic E-state index is -4.52. The summed E-state index contributed by atoms with van der Waals surface area (Å²) in [6.45, 7) is 0.779. The van der Waals surface area contributed by atoms with Crippen molar-refractivity contribution >= 4 is 44.0 Å². The number of aromatic nitrogens is 5. The second-order valence-electron chi connectivity index (χ2n) is 9.35. The first-order valence-electron chi connectivity index (χ1n) is 12.1. The van der Waals surface area contributed by atoms with E-state index in [1.807, 2.05) is 21.5 Å². The topological polar surface area (TPSA) is 80.6 Å². The molecule has 1 aliphatic rings. The van der Waals surface area contributed by atoms with Gasteiger partial charge in [-0.3, -0.25) is 14.6 Å². The summed E-state index contributed by atoms with van der Waals surface area (Å²) in [5, 5.41) is 5.84. The Morgan fingerprint density at radius 2 is 1.74 bits per heavy atom. The Bertz CT molecular complexity index is 1930. The number of para-hydroxylation sites is 1. The summed E-state index contributed by atoms with van der Waals surface area (Å²) < 4.78 is 68.5. The van der Waals surface area contributed by atoms with Crippen LogP contribution in [0, 0.1) is 5.82 Å². The maximum absolute atomic E-state index is 16.2. The van der Waals surface area contributed by atoms with Crippen LogP contribution in [0.4, 0.5) is 23.5 Å². The van der Waals surface area contributed by atoms with Crippen LogP contribution in [0.2, 0.25) is 0 Å². The number of nitrogens with one attached hydrogen (secondary N) is 1. The highest BCUT2D eigenvalue weighted by atomic mass is 19.4. The molecule has 0 amide bonds. The van der Waals surface area contributed by atoms with Crippen molar-refractivity contribution < 1.29 is 27.0 Å². The first kappa shape index (κ1) is 23.5. The molecule has 0 fully saturated rings. The molecule has 0 radical (unpaired) electrons. The molecule has 0 spiro atoms. The fourth-order valence-electron chi connectivity index (χ4n) is 5.65. The lowest BCUT2D eigenvalue weighted by Crippen LogP contribution is -2.31. The van der Waals surface area contributed by atoms with E-state index in [2.05, 4.69) is 20.1 Å². The lowest BCUT2D eigenvalue weighted by molar-refractivity contribution is -0.138. The van der Waals surface area contributed by atoms with Crippen LogP contribution >= 0.6 is 0 Å². The SMILES string of the molecule is COc1c(F)c2c3cccc(OC)c3n3[nH]c4c(c3c2c2ccnc12)CN(c1ncc(C(F)(F)F)cn1)CC4. The van der Waals surface area contributed by atoms with Crippen LogP contribution in [0.15, 0.2) is 42.9 Å². The Kier molecular flexibility index (Phi) is 4.94. The number of methoxy groups -OCH3 is 2. The monoisotopic (exact) mass is 536 g/mol. The molecule has 0 saturated heterocycles. The Morgan fingerprint density at radius 1 is 0.949 bits per heavy atom. The first-order chi connectivity index (χ1) is 18.8. The summed E-state index contributed by atoms with van der Waals surface area (Å²) in [7, 11) is 2.97. The molecule has 0 aliphatic carbocycles. The highest BCUT2D eigenvalue weighted by Crippen LogP contribution is 2.45. The van der Waals surface area contributed by atoms with Gasteiger partial charge in [-0.15, -0.1) is 0 Å². The zero-order chi connectivity index (χ0) is 27.1. The average Bonchev–Trinajstić information content (AvgIpc) is 3.57. The molecule has 198 valence electrons. The predicted molar refractivity (Wildman–Crippen MR) is 137 cm³/mol. The lowest BCUT2D eigenvalue weighted by Gasteiger charge is -2.27. The number of halogens is 4. The molecule has 0 unspecified atom stereocenters. The molecule has 12 heteroatoms. The third kappa shape index (κ3) is 3.26. The summed E-state index contributed by atoms with van der Waals surface area (Å²) in [6.07, 6.45) is -0.794. The van der Waals surface area contributed by atoms with Crippen molar-refractivity contribution in [1.82, 2.24) is 24.6 Å². The minimum Gasteiger partial charge on any atom is -0.494 e. The number of hydrogen-bond acceptors (Lipinski definition) is 6. The summed E-state index contributed by atoms with van der Waals surface area (Å²) in [5.74, 6) is 0.252. The van der Waals surface area contributed by atoms with Gasteiger partial charge < -0.3 is 14.4 Å². The van der Waals surface area contributed by atoms with Gasteiger partial charge in [0.2, 0.25) is 5.95 Å². The highest BCUT2D eigenvalue weighted by molar-refractivity contribution is 6.25. The second kappa shape index (κ2) is 8.19. The number of ether oxygens (including phenoxy) is 2. The lowest BCUT2D eigenvalue weighted by atomic mass is 9.97. The van der Waals surface area contributed by atoms with Crippen LogP contribution in [-0.2, 0) is 19.1 Å². The third-order valence-corrected chi connectivity index (χ3v) is 7.36. The molecule has 2 aromatic carbocycles. The van der Waals surface area contributed by atoms with Crippen molar-refractivity contribution in [2.45, 2.75) is 19.1 Å². The summed E-state index contributed by atoms with van der Waals surface area (Å²) in [5.41, 5.74) is 2.63. The maximum Gasteiger partial charge on any atom is 0.419 e. The van der Waals surface area contributed by atoms with Gasteiger partial charge in [-0.05, 0) is 12.1 Å². The van der Waals surface area contributed by atoms with Gasteiger partial charge in [0.05, 0.1) is 25.3 Å². The molecule has 39 heavy (non-hydrogen) atoms. The van der Waals surface area contributed by atoms with E-state index >= 15 is 4.39 Å². The van der Waals surface area contributed by atoms with Crippen molar-refractivity contribution in [3.8, 4) is 11.5 Å². The van der Waals surface area contributed by atoms with Gasteiger partial charge >= 0.3 is 6.18 Å². The molecule has 6 aromatic rings. The number of alkyl halides is 3. The minimum absolute atomic E-state index is 0.0557. The maximum atomic E-state index is 16.2. The molecule has 8 nitrogen and oxygen atoms in total. The smallest absolute Gasteiger partial charge is 0.419 e. The number of hydrogen-bond donors (Lipinski definition) is 1. The van der Waals surface area contributed by atoms with Crippen LogP contribution in [-0.4, -0.2) is 45.3 Å². The van der Waals surface area contributed by atoms with Crippen molar-refractivity contribution in [2.24, 2.45) is 0 Å². The number of H-pyrrole nitrogens is 1. The van der Waals surface area contributed by atoms with Gasteiger partial charge in [-0.25, -0.2) is 14.4 Å². The van der Waals surface area contributed by atoms with E-state index in [1.54, 1.807) is 25.4 Å². The fraction of sp³-hybridized carbons (Fsp3) is 0.222. The summed E-state index contributed by atoms with van der Waals surface area (Å²) in [6, 6.07) is 7.27. The van der Waals surface area contributed by atoms with Crippen molar-refractivity contribution in [3.05, 3.63) is 65.5 Å². The van der Waals surface area contributed by atoms with Gasteiger partial charge in [0.15, 0.2) is 11.6 Å². The van der Waals surface area contributed by atoms with Crippen molar-refractivity contribution in [3.63, 3.8) is 0 Å². The van der Waals surface area contributed by atoms with Crippen LogP contribution < -0.4 is 14.4 Å². The second-order valence-corrected chi connectivity index (χ2v) is 9.35. The molecule has 0 atom stereocenters. The van der Waals surface area contributed by atoms with E-state index in [9.17, 15) is 13.2 Å². The predicted octanol–water partition coefficient (Wildman–Crippen LogP) is 5.65. The Hall–Kier alpha value is -4.61. The Balaban J connectivity index is 1.55. The zero-order valence-electron chi connectivity index (χ0n) is 20.7. The van der Waals surface area contributed by atoms with Gasteiger partial charge in [0.1, 0.15) is 16.8 Å². The van der Waals surface area contributed by atoms with E-state index in [1.165, 1.54) is 7.11 Å². The number of pyridine rings is 1. The fourth-order valence-corrected chi connectivity index (χ4v) is 5.65. The Labute approximate surface area is 217 Å². The number of aromatic amines is 1. The molecule has 4 aromatic heterocycles. The van der Waals surface area contributed by atoms with Crippen LogP contribution in [0.3, 0.4) is 0 Å². The van der Waals surface area contributed by atoms with E-state index in [0.29, 0.717) is 58.0 Å². The molecule has 0 saturated carbocycles. The van der Waals surface area contributed by atoms with Gasteiger partial charge in [-0.1, -0.05) is 12.1 Å².